The van der Waals surface area contributed by atoms with Crippen molar-refractivity contribution < 1.29 is 18.0 Å². The molecule has 1 saturated heterocycles. The maximum absolute atomic E-state index is 13.0. The Morgan fingerprint density at radius 1 is 1.11 bits per heavy atom. The maximum Gasteiger partial charge on any atom is 0.435 e. The van der Waals surface area contributed by atoms with Gasteiger partial charge in [0.05, 0.1) is 6.04 Å². The van der Waals surface area contributed by atoms with Crippen LogP contribution in [0.4, 0.5) is 13.2 Å². The zero-order valence-corrected chi connectivity index (χ0v) is 16.6. The van der Waals surface area contributed by atoms with Gasteiger partial charge in [-0.3, -0.25) is 9.48 Å². The van der Waals surface area contributed by atoms with E-state index in [4.69, 9.17) is 5.73 Å². The van der Waals surface area contributed by atoms with Gasteiger partial charge in [-0.2, -0.15) is 18.3 Å². The van der Waals surface area contributed by atoms with Crippen LogP contribution >= 0.6 is 12.4 Å². The Labute approximate surface area is 169 Å². The standard InChI is InChI=1S/C19H27F3N4O.ClH/c20-19(21,22)16-6-9-26(24-16)15-4-7-25(8-5-15)18(27)14-10-12-2-1-3-13(11-14)17(12)23;/h6,9,12-15,17H,1-5,7-8,10-11,23H2;1H. The fourth-order valence-electron chi connectivity index (χ4n) is 5.29. The number of carbonyl (C=O) groups is 1. The zero-order chi connectivity index (χ0) is 19.2. The highest BCUT2D eigenvalue weighted by Gasteiger charge is 2.42. The quantitative estimate of drug-likeness (QED) is 0.794. The lowest BCUT2D eigenvalue weighted by Crippen LogP contribution is -2.50. The Balaban J connectivity index is 0.00000225. The third-order valence-electron chi connectivity index (χ3n) is 6.81. The molecule has 1 aromatic rings. The highest BCUT2D eigenvalue weighted by atomic mass is 35.5. The van der Waals surface area contributed by atoms with Crippen LogP contribution in [0.5, 0.6) is 0 Å². The third kappa shape index (κ3) is 4.17. The van der Waals surface area contributed by atoms with Crippen molar-refractivity contribution in [3.63, 3.8) is 0 Å². The number of piperidine rings is 1. The molecule has 158 valence electrons. The van der Waals surface area contributed by atoms with Crippen LogP contribution in [0.1, 0.15) is 56.7 Å². The topological polar surface area (TPSA) is 64.2 Å². The Morgan fingerprint density at radius 2 is 1.71 bits per heavy atom. The summed E-state index contributed by atoms with van der Waals surface area (Å²) in [7, 11) is 0. The van der Waals surface area contributed by atoms with Crippen LogP contribution in [0.15, 0.2) is 12.3 Å². The van der Waals surface area contributed by atoms with Gasteiger partial charge in [-0.05, 0) is 56.4 Å². The van der Waals surface area contributed by atoms with Gasteiger partial charge in [0.1, 0.15) is 0 Å². The lowest BCUT2D eigenvalue weighted by molar-refractivity contribution is -0.141. The molecule has 1 aromatic heterocycles. The number of alkyl halides is 3. The minimum absolute atomic E-state index is 0. The molecule has 4 rings (SSSR count). The molecular weight excluding hydrogens is 393 g/mol. The van der Waals surface area contributed by atoms with E-state index >= 15 is 0 Å². The van der Waals surface area contributed by atoms with Crippen LogP contribution in [0, 0.1) is 17.8 Å². The predicted molar refractivity (Wildman–Crippen MR) is 101 cm³/mol. The van der Waals surface area contributed by atoms with Gasteiger partial charge in [-0.1, -0.05) is 6.42 Å². The lowest BCUT2D eigenvalue weighted by atomic mass is 9.65. The molecule has 0 spiro atoms. The average molecular weight is 421 g/mol. The molecule has 3 aliphatic rings. The highest BCUT2D eigenvalue weighted by molar-refractivity contribution is 5.85. The summed E-state index contributed by atoms with van der Waals surface area (Å²) in [5, 5.41) is 3.69. The fraction of sp³-hybridized carbons (Fsp3) is 0.789. The number of nitrogens with two attached hydrogens (primary N) is 1. The highest BCUT2D eigenvalue weighted by Crippen LogP contribution is 2.42. The summed E-state index contributed by atoms with van der Waals surface area (Å²) in [5.74, 6) is 1.22. The van der Waals surface area contributed by atoms with Crippen molar-refractivity contribution in [2.24, 2.45) is 23.5 Å². The molecular formula is C19H28ClF3N4O. The minimum Gasteiger partial charge on any atom is -0.342 e. The first-order valence-electron chi connectivity index (χ1n) is 9.99. The first kappa shape index (κ1) is 21.4. The molecule has 2 bridgehead atoms. The molecule has 2 saturated carbocycles. The van der Waals surface area contributed by atoms with E-state index in [1.54, 1.807) is 0 Å². The second-order valence-corrected chi connectivity index (χ2v) is 8.43. The third-order valence-corrected chi connectivity index (χ3v) is 6.81. The Kier molecular flexibility index (Phi) is 6.29. The van der Waals surface area contributed by atoms with Gasteiger partial charge in [-0.25, -0.2) is 0 Å². The second kappa shape index (κ2) is 8.22. The number of amides is 1. The van der Waals surface area contributed by atoms with Gasteiger partial charge in [-0.15, -0.1) is 12.4 Å². The summed E-state index contributed by atoms with van der Waals surface area (Å²) < 4.78 is 39.6. The van der Waals surface area contributed by atoms with E-state index in [-0.39, 0.29) is 36.3 Å². The Hall–Kier alpha value is -1.28. The van der Waals surface area contributed by atoms with Gasteiger partial charge in [0, 0.05) is 31.2 Å². The lowest BCUT2D eigenvalue weighted by Gasteiger charge is -2.45. The first-order chi connectivity index (χ1) is 12.8. The minimum atomic E-state index is -4.41. The number of likely N-dealkylation sites (tertiary alicyclic amines) is 1. The molecule has 2 aliphatic carbocycles. The molecule has 28 heavy (non-hydrogen) atoms. The summed E-state index contributed by atoms with van der Waals surface area (Å²) in [6.45, 7) is 1.17. The molecule has 9 heteroatoms. The molecule has 0 aromatic carbocycles. The Morgan fingerprint density at radius 3 is 2.25 bits per heavy atom. The second-order valence-electron chi connectivity index (χ2n) is 8.43. The predicted octanol–water partition coefficient (Wildman–Crippen LogP) is 3.64. The van der Waals surface area contributed by atoms with E-state index in [0.29, 0.717) is 37.8 Å². The largest absolute Gasteiger partial charge is 0.435 e. The molecule has 2 N–H and O–H groups in total. The van der Waals surface area contributed by atoms with E-state index in [9.17, 15) is 18.0 Å². The van der Waals surface area contributed by atoms with Crippen LogP contribution in [-0.2, 0) is 11.0 Å². The smallest absolute Gasteiger partial charge is 0.342 e. The van der Waals surface area contributed by atoms with Gasteiger partial charge in [0.25, 0.3) is 0 Å². The van der Waals surface area contributed by atoms with E-state index in [1.807, 2.05) is 4.90 Å². The number of carbonyl (C=O) groups excluding carboxylic acids is 1. The molecule has 2 unspecified atom stereocenters. The van der Waals surface area contributed by atoms with Crippen molar-refractivity contribution in [1.29, 1.82) is 0 Å². The monoisotopic (exact) mass is 420 g/mol. The van der Waals surface area contributed by atoms with Crippen molar-refractivity contribution in [1.82, 2.24) is 14.7 Å². The number of aromatic nitrogens is 2. The van der Waals surface area contributed by atoms with Crippen molar-refractivity contribution in [2.75, 3.05) is 13.1 Å². The molecule has 3 fully saturated rings. The van der Waals surface area contributed by atoms with Crippen molar-refractivity contribution in [3.05, 3.63) is 18.0 Å². The zero-order valence-electron chi connectivity index (χ0n) is 15.8. The van der Waals surface area contributed by atoms with Crippen LogP contribution in [0.3, 0.4) is 0 Å². The number of hydrogen-bond donors (Lipinski definition) is 1. The maximum atomic E-state index is 13.0. The van der Waals surface area contributed by atoms with Crippen molar-refractivity contribution >= 4 is 18.3 Å². The molecule has 2 atom stereocenters. The summed E-state index contributed by atoms with van der Waals surface area (Å²) in [5.41, 5.74) is 5.47. The first-order valence-corrected chi connectivity index (χ1v) is 9.99. The summed E-state index contributed by atoms with van der Waals surface area (Å²) in [6.07, 6.45) is 3.53. The Bertz CT molecular complexity index is 673. The molecule has 1 aliphatic heterocycles. The fourth-order valence-corrected chi connectivity index (χ4v) is 5.29. The number of halogens is 4. The van der Waals surface area contributed by atoms with Gasteiger partial charge in [0.15, 0.2) is 5.69 Å². The summed E-state index contributed by atoms with van der Waals surface area (Å²) in [4.78, 5) is 14.9. The average Bonchev–Trinajstić information content (AvgIpc) is 3.11. The SMILES string of the molecule is Cl.NC1C2CCCC1CC(C(=O)N1CCC(n3ccc(C(F)(F)F)n3)CC1)C2. The van der Waals surface area contributed by atoms with Gasteiger partial charge < -0.3 is 10.6 Å². The normalized spacial score (nSPS) is 31.4. The summed E-state index contributed by atoms with van der Waals surface area (Å²) >= 11 is 0. The van der Waals surface area contributed by atoms with E-state index in [2.05, 4.69) is 5.10 Å². The number of rotatable bonds is 2. The van der Waals surface area contributed by atoms with E-state index in [0.717, 1.165) is 31.7 Å². The van der Waals surface area contributed by atoms with Gasteiger partial charge in [0.2, 0.25) is 5.91 Å². The van der Waals surface area contributed by atoms with E-state index in [1.165, 1.54) is 17.3 Å². The molecule has 2 heterocycles. The van der Waals surface area contributed by atoms with Crippen LogP contribution < -0.4 is 5.73 Å². The van der Waals surface area contributed by atoms with Crippen molar-refractivity contribution in [3.8, 4) is 0 Å². The molecule has 0 radical (unpaired) electrons. The van der Waals surface area contributed by atoms with Crippen LogP contribution in [0.25, 0.3) is 0 Å². The van der Waals surface area contributed by atoms with Crippen LogP contribution in [0.2, 0.25) is 0 Å². The van der Waals surface area contributed by atoms with Gasteiger partial charge >= 0.3 is 6.18 Å². The number of fused-ring (bicyclic) bond motifs is 2. The number of nitrogens with zero attached hydrogens (tertiary/aromatic N) is 3. The van der Waals surface area contributed by atoms with E-state index < -0.39 is 11.9 Å². The molecule has 5 nitrogen and oxygen atoms in total. The number of hydrogen-bond acceptors (Lipinski definition) is 3. The van der Waals surface area contributed by atoms with Crippen LogP contribution in [-0.4, -0.2) is 39.7 Å². The van der Waals surface area contributed by atoms with Crippen molar-refractivity contribution in [2.45, 2.75) is 63.2 Å². The molecule has 1 amide bonds. The summed E-state index contributed by atoms with van der Waals surface area (Å²) in [6, 6.07) is 1.18.